The number of aromatic nitrogens is 1. The number of aliphatic carboxylic acids is 2. The van der Waals surface area contributed by atoms with Gasteiger partial charge in [0.1, 0.15) is 17.6 Å². The Morgan fingerprint density at radius 1 is 1.08 bits per heavy atom. The van der Waals surface area contributed by atoms with Crippen LogP contribution in [0.5, 0.6) is 0 Å². The van der Waals surface area contributed by atoms with Gasteiger partial charge in [-0.05, 0) is 44.0 Å². The van der Waals surface area contributed by atoms with Gasteiger partial charge in [-0.2, -0.15) is 26.3 Å². The molecule has 0 saturated carbocycles. The standard InChI is InChI=1S/C19H24N2O3.2C2HF3O2/c1-14-7-8-16(24-14)11-21-12-18(19-17(21)6-4-10-22-19)23-13-15-5-2-3-9-20-15;2*3-2(4,5)1(6)7/h2-3,5,7-9,17-19H,4,6,10-13H2,1H3;2*(H,6,7)/t17-,18+,19+;;/m0../s1. The molecule has 2 saturated heterocycles. The summed E-state index contributed by atoms with van der Waals surface area (Å²) in [5.74, 6) is -3.54. The molecule has 0 aliphatic carbocycles. The number of nitrogens with zero attached hydrogens (tertiary/aromatic N) is 2. The number of aryl methyl sites for hydroxylation is 1. The number of likely N-dealkylation sites (tertiary alicyclic amines) is 1. The lowest BCUT2D eigenvalue weighted by Crippen LogP contribution is -2.41. The predicted octanol–water partition coefficient (Wildman–Crippen LogP) is 4.20. The lowest BCUT2D eigenvalue weighted by Gasteiger charge is -2.32. The molecule has 2 aliphatic rings. The Kier molecular flexibility index (Phi) is 11.1. The van der Waals surface area contributed by atoms with Crippen LogP contribution in [0.25, 0.3) is 0 Å². The molecule has 2 fully saturated rings. The van der Waals surface area contributed by atoms with Gasteiger partial charge in [0, 0.05) is 25.4 Å². The fraction of sp³-hybridized carbons (Fsp3) is 0.522. The van der Waals surface area contributed by atoms with E-state index < -0.39 is 24.3 Å². The quantitative estimate of drug-likeness (QED) is 0.522. The summed E-state index contributed by atoms with van der Waals surface area (Å²) in [5.41, 5.74) is 0.963. The number of hydrogen-bond donors (Lipinski definition) is 2. The van der Waals surface area contributed by atoms with Crippen molar-refractivity contribution >= 4 is 11.9 Å². The van der Waals surface area contributed by atoms with Crippen LogP contribution in [0.3, 0.4) is 0 Å². The molecule has 0 unspecified atom stereocenters. The molecule has 0 amide bonds. The predicted molar refractivity (Wildman–Crippen MR) is 117 cm³/mol. The van der Waals surface area contributed by atoms with E-state index in [0.717, 1.165) is 49.8 Å². The van der Waals surface area contributed by atoms with Gasteiger partial charge < -0.3 is 24.1 Å². The minimum atomic E-state index is -5.08. The van der Waals surface area contributed by atoms with Gasteiger partial charge in [0.05, 0.1) is 24.9 Å². The second-order valence-corrected chi connectivity index (χ2v) is 8.26. The average molecular weight is 556 g/mol. The average Bonchev–Trinajstić information content (AvgIpc) is 3.41. The maximum atomic E-state index is 10.6. The number of carbonyl (C=O) groups is 2. The second-order valence-electron chi connectivity index (χ2n) is 8.26. The molecule has 0 spiro atoms. The SMILES string of the molecule is Cc1ccc(CN2C[C@@H](OCc3ccccn3)[C@@H]3OCCC[C@@H]32)o1.O=C(O)C(F)(F)F.O=C(O)C(F)(F)F. The second kappa shape index (κ2) is 13.6. The van der Waals surface area contributed by atoms with E-state index in [-0.39, 0.29) is 12.2 Å². The fourth-order valence-electron chi connectivity index (χ4n) is 3.78. The third-order valence-corrected chi connectivity index (χ3v) is 5.40. The Morgan fingerprint density at radius 2 is 1.71 bits per heavy atom. The molecule has 15 heteroatoms. The van der Waals surface area contributed by atoms with Crippen LogP contribution >= 0.6 is 0 Å². The van der Waals surface area contributed by atoms with Gasteiger partial charge in [-0.15, -0.1) is 0 Å². The van der Waals surface area contributed by atoms with Gasteiger partial charge in [0.15, 0.2) is 0 Å². The minimum absolute atomic E-state index is 0.0911. The molecule has 9 nitrogen and oxygen atoms in total. The van der Waals surface area contributed by atoms with Crippen molar-refractivity contribution in [2.75, 3.05) is 13.2 Å². The number of furan rings is 1. The molecule has 2 aromatic rings. The van der Waals surface area contributed by atoms with Crippen LogP contribution in [0.4, 0.5) is 26.3 Å². The molecule has 0 aromatic carbocycles. The van der Waals surface area contributed by atoms with Crippen molar-refractivity contribution in [3.63, 3.8) is 0 Å². The number of carboxylic acids is 2. The van der Waals surface area contributed by atoms with Gasteiger partial charge in [-0.1, -0.05) is 6.07 Å². The van der Waals surface area contributed by atoms with Crippen molar-refractivity contribution in [1.29, 1.82) is 0 Å². The molecule has 0 bridgehead atoms. The Bertz CT molecular complexity index is 1010. The van der Waals surface area contributed by atoms with E-state index in [0.29, 0.717) is 12.6 Å². The van der Waals surface area contributed by atoms with Gasteiger partial charge in [0.2, 0.25) is 0 Å². The number of rotatable bonds is 5. The zero-order valence-electron chi connectivity index (χ0n) is 20.0. The van der Waals surface area contributed by atoms with E-state index in [9.17, 15) is 26.3 Å². The summed E-state index contributed by atoms with van der Waals surface area (Å²) in [6.07, 6.45) is -5.85. The van der Waals surface area contributed by atoms with Gasteiger partial charge in [-0.25, -0.2) is 9.59 Å². The molecule has 0 radical (unpaired) electrons. The molecule has 38 heavy (non-hydrogen) atoms. The summed E-state index contributed by atoms with van der Waals surface area (Å²) < 4.78 is 81.5. The van der Waals surface area contributed by atoms with Gasteiger partial charge in [-0.3, -0.25) is 9.88 Å². The molecule has 3 atom stereocenters. The first-order valence-corrected chi connectivity index (χ1v) is 11.2. The lowest BCUT2D eigenvalue weighted by molar-refractivity contribution is -0.193. The van der Waals surface area contributed by atoms with Crippen molar-refractivity contribution in [3.05, 3.63) is 53.7 Å². The molecule has 212 valence electrons. The highest BCUT2D eigenvalue weighted by molar-refractivity contribution is 5.73. The highest BCUT2D eigenvalue weighted by Gasteiger charge is 2.45. The van der Waals surface area contributed by atoms with Crippen molar-refractivity contribution < 1.29 is 60.0 Å². The van der Waals surface area contributed by atoms with Crippen LogP contribution in [0.2, 0.25) is 0 Å². The van der Waals surface area contributed by atoms with Crippen LogP contribution in [0.1, 0.15) is 30.1 Å². The Balaban J connectivity index is 0.000000301. The summed E-state index contributed by atoms with van der Waals surface area (Å²) >= 11 is 0. The third-order valence-electron chi connectivity index (χ3n) is 5.40. The Labute approximate surface area is 213 Å². The largest absolute Gasteiger partial charge is 0.490 e. The summed E-state index contributed by atoms with van der Waals surface area (Å²) in [6, 6.07) is 10.4. The van der Waals surface area contributed by atoms with E-state index >= 15 is 0 Å². The monoisotopic (exact) mass is 556 g/mol. The minimum Gasteiger partial charge on any atom is -0.475 e. The number of pyridine rings is 1. The highest BCUT2D eigenvalue weighted by atomic mass is 19.4. The van der Waals surface area contributed by atoms with Crippen molar-refractivity contribution in [2.45, 2.75) is 63.5 Å². The van der Waals surface area contributed by atoms with Crippen LogP contribution in [-0.2, 0) is 32.2 Å². The van der Waals surface area contributed by atoms with Crippen LogP contribution in [0, 0.1) is 6.92 Å². The topological polar surface area (TPSA) is 122 Å². The maximum Gasteiger partial charge on any atom is 0.490 e. The van der Waals surface area contributed by atoms with Crippen molar-refractivity contribution in [3.8, 4) is 0 Å². The smallest absolute Gasteiger partial charge is 0.475 e. The third kappa shape index (κ3) is 9.95. The first-order valence-electron chi connectivity index (χ1n) is 11.2. The van der Waals surface area contributed by atoms with Gasteiger partial charge >= 0.3 is 24.3 Å². The summed E-state index contributed by atoms with van der Waals surface area (Å²) in [4.78, 5) is 24.6. The number of ether oxygens (including phenoxy) is 2. The number of hydrogen-bond acceptors (Lipinski definition) is 7. The van der Waals surface area contributed by atoms with E-state index in [1.807, 2.05) is 31.2 Å². The van der Waals surface area contributed by atoms with Crippen molar-refractivity contribution in [1.82, 2.24) is 9.88 Å². The van der Waals surface area contributed by atoms with E-state index in [1.54, 1.807) is 6.20 Å². The Hall–Kier alpha value is -3.17. The Morgan fingerprint density at radius 3 is 2.21 bits per heavy atom. The molecule has 4 heterocycles. The zero-order chi connectivity index (χ0) is 28.5. The zero-order valence-corrected chi connectivity index (χ0v) is 20.0. The maximum absolute atomic E-state index is 10.6. The fourth-order valence-corrected chi connectivity index (χ4v) is 3.78. The summed E-state index contributed by atoms with van der Waals surface area (Å²) in [7, 11) is 0. The van der Waals surface area contributed by atoms with Crippen LogP contribution < -0.4 is 0 Å². The molecule has 2 N–H and O–H groups in total. The number of alkyl halides is 6. The first-order chi connectivity index (χ1) is 17.7. The first kappa shape index (κ1) is 31.1. The molecular weight excluding hydrogens is 530 g/mol. The van der Waals surface area contributed by atoms with Crippen LogP contribution in [0.15, 0.2) is 40.9 Å². The van der Waals surface area contributed by atoms with E-state index in [2.05, 4.69) is 16.0 Å². The van der Waals surface area contributed by atoms with Crippen molar-refractivity contribution in [2.24, 2.45) is 0 Å². The normalized spacial score (nSPS) is 21.4. The number of carboxylic acid groups (broad SMARTS) is 2. The molecular formula is C23H26F6N2O7. The van der Waals surface area contributed by atoms with Gasteiger partial charge in [0.25, 0.3) is 0 Å². The number of halogens is 6. The molecule has 2 aliphatic heterocycles. The molecule has 4 rings (SSSR count). The molecule has 2 aromatic heterocycles. The summed E-state index contributed by atoms with van der Waals surface area (Å²) in [6.45, 7) is 5.05. The van der Waals surface area contributed by atoms with E-state index in [4.69, 9.17) is 33.7 Å². The highest BCUT2D eigenvalue weighted by Crippen LogP contribution is 2.32. The number of fused-ring (bicyclic) bond motifs is 1. The lowest BCUT2D eigenvalue weighted by atomic mass is 10.0. The van der Waals surface area contributed by atoms with E-state index in [1.165, 1.54) is 0 Å². The van der Waals surface area contributed by atoms with Crippen LogP contribution in [-0.4, -0.2) is 75.8 Å². The summed E-state index contributed by atoms with van der Waals surface area (Å²) in [5, 5.41) is 14.2.